The van der Waals surface area contributed by atoms with Crippen molar-refractivity contribution in [3.05, 3.63) is 54.5 Å². The molecule has 0 atom stereocenters. The Hall–Kier alpha value is -3.09. The van der Waals surface area contributed by atoms with Crippen molar-refractivity contribution in [3.63, 3.8) is 0 Å². The van der Waals surface area contributed by atoms with E-state index in [1.807, 2.05) is 36.8 Å². The molecule has 0 aromatic carbocycles. The highest BCUT2D eigenvalue weighted by Crippen LogP contribution is 2.16. The summed E-state index contributed by atoms with van der Waals surface area (Å²) in [5.41, 5.74) is 2.21. The Labute approximate surface area is 165 Å². The van der Waals surface area contributed by atoms with Crippen molar-refractivity contribution in [2.75, 3.05) is 44.2 Å². The van der Waals surface area contributed by atoms with Crippen molar-refractivity contribution >= 4 is 22.8 Å². The van der Waals surface area contributed by atoms with Crippen molar-refractivity contribution < 1.29 is 0 Å². The zero-order chi connectivity index (χ0) is 19.2. The first kappa shape index (κ1) is 18.3. The quantitative estimate of drug-likeness (QED) is 0.527. The van der Waals surface area contributed by atoms with Gasteiger partial charge in [0.1, 0.15) is 11.5 Å². The summed E-state index contributed by atoms with van der Waals surface area (Å²) >= 11 is 0. The fraction of sp³-hybridized carbons (Fsp3) is 0.381. The maximum atomic E-state index is 4.88. The van der Waals surface area contributed by atoms with E-state index in [1.54, 1.807) is 0 Å². The number of pyridine rings is 2. The molecule has 7 nitrogen and oxygen atoms in total. The number of guanidine groups is 1. The summed E-state index contributed by atoms with van der Waals surface area (Å²) < 4.78 is 0. The summed E-state index contributed by atoms with van der Waals surface area (Å²) in [6.45, 7) is 7.54. The Morgan fingerprint density at radius 3 is 2.75 bits per heavy atom. The van der Waals surface area contributed by atoms with E-state index in [2.05, 4.69) is 49.1 Å². The highest BCUT2D eigenvalue weighted by Gasteiger charge is 2.20. The Kier molecular flexibility index (Phi) is 5.70. The molecule has 28 heavy (non-hydrogen) atoms. The fourth-order valence-corrected chi connectivity index (χ4v) is 3.62. The third-order valence-corrected chi connectivity index (χ3v) is 5.07. The average Bonchev–Trinajstić information content (AvgIpc) is 3.17. The van der Waals surface area contributed by atoms with Crippen LogP contribution in [-0.2, 0) is 6.42 Å². The second kappa shape index (κ2) is 8.73. The maximum Gasteiger partial charge on any atom is 0.194 e. The second-order valence-corrected chi connectivity index (χ2v) is 6.86. The number of rotatable bonds is 5. The van der Waals surface area contributed by atoms with Crippen LogP contribution in [0.4, 0.5) is 5.82 Å². The summed E-state index contributed by atoms with van der Waals surface area (Å²) in [4.78, 5) is 21.6. The van der Waals surface area contributed by atoms with Crippen molar-refractivity contribution in [2.45, 2.75) is 13.3 Å². The highest BCUT2D eigenvalue weighted by molar-refractivity contribution is 5.81. The summed E-state index contributed by atoms with van der Waals surface area (Å²) in [5.74, 6) is 2.05. The van der Waals surface area contributed by atoms with E-state index in [0.29, 0.717) is 0 Å². The monoisotopic (exact) mass is 377 g/mol. The van der Waals surface area contributed by atoms with E-state index in [-0.39, 0.29) is 0 Å². The smallest absolute Gasteiger partial charge is 0.194 e. The normalized spacial score (nSPS) is 15.2. The Morgan fingerprint density at radius 1 is 1.11 bits per heavy atom. The first-order valence-electron chi connectivity index (χ1n) is 9.95. The molecule has 3 aromatic heterocycles. The molecule has 1 fully saturated rings. The molecule has 0 amide bonds. The Morgan fingerprint density at radius 2 is 1.96 bits per heavy atom. The molecule has 146 valence electrons. The molecule has 0 bridgehead atoms. The van der Waals surface area contributed by atoms with Crippen molar-refractivity contribution in [1.82, 2.24) is 25.2 Å². The van der Waals surface area contributed by atoms with Crippen molar-refractivity contribution in [3.8, 4) is 0 Å². The molecule has 7 heteroatoms. The molecule has 2 N–H and O–H groups in total. The van der Waals surface area contributed by atoms with Crippen LogP contribution in [-0.4, -0.2) is 65.1 Å². The summed E-state index contributed by atoms with van der Waals surface area (Å²) in [6.07, 6.45) is 6.61. The summed E-state index contributed by atoms with van der Waals surface area (Å²) in [5, 5.41) is 4.63. The number of fused-ring (bicyclic) bond motifs is 1. The topological polar surface area (TPSA) is 72.4 Å². The van der Waals surface area contributed by atoms with Crippen LogP contribution < -0.4 is 10.2 Å². The van der Waals surface area contributed by atoms with Crippen molar-refractivity contribution in [1.29, 1.82) is 0 Å². The molecule has 3 aromatic rings. The van der Waals surface area contributed by atoms with Gasteiger partial charge in [-0.3, -0.25) is 4.99 Å². The van der Waals surface area contributed by atoms with E-state index < -0.39 is 0 Å². The van der Waals surface area contributed by atoms with Gasteiger partial charge < -0.3 is 20.1 Å². The number of aromatic amines is 1. The molecule has 0 radical (unpaired) electrons. The summed E-state index contributed by atoms with van der Waals surface area (Å²) in [7, 11) is 0. The number of nitrogens with zero attached hydrogens (tertiary/aromatic N) is 5. The average molecular weight is 377 g/mol. The molecule has 4 rings (SSSR count). The Bertz CT molecular complexity index is 911. The van der Waals surface area contributed by atoms with Gasteiger partial charge in [-0.15, -0.1) is 0 Å². The largest absolute Gasteiger partial charge is 0.357 e. The fourth-order valence-electron chi connectivity index (χ4n) is 3.62. The van der Waals surface area contributed by atoms with Crippen LogP contribution in [0, 0.1) is 0 Å². The molecule has 0 unspecified atom stereocenters. The van der Waals surface area contributed by atoms with Crippen LogP contribution in [0.1, 0.15) is 12.5 Å². The standard InChI is InChI=1S/C21H27N7/c1-2-22-21(25-11-8-17-16-26-20-18(17)6-5-10-24-20)28-14-12-27(13-15-28)19-7-3-4-9-23-19/h3-7,9-10,16H,2,8,11-15H2,1H3,(H,22,25)(H,24,26). The molecule has 1 saturated heterocycles. The number of aromatic nitrogens is 3. The first-order valence-corrected chi connectivity index (χ1v) is 9.95. The second-order valence-electron chi connectivity index (χ2n) is 6.86. The van der Waals surface area contributed by atoms with Gasteiger partial charge in [-0.25, -0.2) is 9.97 Å². The third kappa shape index (κ3) is 4.08. The van der Waals surface area contributed by atoms with Crippen molar-refractivity contribution in [2.24, 2.45) is 4.99 Å². The van der Waals surface area contributed by atoms with Crippen LogP contribution in [0.15, 0.2) is 53.9 Å². The van der Waals surface area contributed by atoms with Gasteiger partial charge in [-0.1, -0.05) is 6.07 Å². The van der Waals surface area contributed by atoms with Crippen LogP contribution in [0.2, 0.25) is 0 Å². The van der Waals surface area contributed by atoms with E-state index in [4.69, 9.17) is 4.99 Å². The maximum absolute atomic E-state index is 4.88. The molecule has 0 saturated carbocycles. The first-order chi connectivity index (χ1) is 13.8. The van der Waals surface area contributed by atoms with Gasteiger partial charge in [0.15, 0.2) is 5.96 Å². The van der Waals surface area contributed by atoms with Crippen LogP contribution in [0.3, 0.4) is 0 Å². The van der Waals surface area contributed by atoms with E-state index in [0.717, 1.165) is 63.1 Å². The number of H-pyrrole nitrogens is 1. The van der Waals surface area contributed by atoms with Crippen LogP contribution >= 0.6 is 0 Å². The van der Waals surface area contributed by atoms with Crippen LogP contribution in [0.25, 0.3) is 11.0 Å². The lowest BCUT2D eigenvalue weighted by molar-refractivity contribution is 0.371. The van der Waals surface area contributed by atoms with Gasteiger partial charge in [-0.2, -0.15) is 0 Å². The van der Waals surface area contributed by atoms with Gasteiger partial charge in [0, 0.05) is 63.2 Å². The lowest BCUT2D eigenvalue weighted by Crippen LogP contribution is -2.52. The van der Waals surface area contributed by atoms with Gasteiger partial charge in [0.05, 0.1) is 0 Å². The minimum Gasteiger partial charge on any atom is -0.357 e. The lowest BCUT2D eigenvalue weighted by Gasteiger charge is -2.37. The molecule has 1 aliphatic rings. The summed E-state index contributed by atoms with van der Waals surface area (Å²) in [6, 6.07) is 10.2. The van der Waals surface area contributed by atoms with E-state index in [1.165, 1.54) is 10.9 Å². The number of piperazine rings is 1. The lowest BCUT2D eigenvalue weighted by atomic mass is 10.1. The highest BCUT2D eigenvalue weighted by atomic mass is 15.4. The zero-order valence-corrected chi connectivity index (χ0v) is 16.3. The zero-order valence-electron chi connectivity index (χ0n) is 16.3. The molecule has 0 aliphatic carbocycles. The predicted octanol–water partition coefficient (Wildman–Crippen LogP) is 2.29. The molecule has 0 spiro atoms. The number of nitrogens with one attached hydrogen (secondary N) is 2. The molecular weight excluding hydrogens is 350 g/mol. The minimum atomic E-state index is 0.755. The predicted molar refractivity (Wildman–Crippen MR) is 114 cm³/mol. The van der Waals surface area contributed by atoms with Gasteiger partial charge >= 0.3 is 0 Å². The minimum absolute atomic E-state index is 0.755. The molecule has 1 aliphatic heterocycles. The number of hydrogen-bond acceptors (Lipinski definition) is 4. The number of hydrogen-bond donors (Lipinski definition) is 2. The number of aliphatic imine (C=N–C) groups is 1. The van der Waals surface area contributed by atoms with E-state index >= 15 is 0 Å². The van der Waals surface area contributed by atoms with Gasteiger partial charge in [-0.05, 0) is 43.2 Å². The van der Waals surface area contributed by atoms with E-state index in [9.17, 15) is 0 Å². The Balaban J connectivity index is 1.37. The van der Waals surface area contributed by atoms with Gasteiger partial charge in [0.25, 0.3) is 0 Å². The molecular formula is C21H27N7. The number of anilines is 1. The third-order valence-electron chi connectivity index (χ3n) is 5.07. The van der Waals surface area contributed by atoms with Crippen LogP contribution in [0.5, 0.6) is 0 Å². The van der Waals surface area contributed by atoms with Gasteiger partial charge in [0.2, 0.25) is 0 Å². The SMILES string of the molecule is CCNC(=NCCc1c[nH]c2ncccc12)N1CCN(c2ccccn2)CC1. The molecule has 4 heterocycles.